The van der Waals surface area contributed by atoms with Gasteiger partial charge in [-0.15, -0.1) is 11.3 Å². The zero-order chi connectivity index (χ0) is 20.2. The second kappa shape index (κ2) is 9.17. The van der Waals surface area contributed by atoms with Crippen molar-refractivity contribution >= 4 is 28.7 Å². The molecular weight excluding hydrogens is 396 g/mol. The van der Waals surface area contributed by atoms with Crippen molar-refractivity contribution in [2.24, 2.45) is 0 Å². The summed E-state index contributed by atoms with van der Waals surface area (Å²) in [5.74, 6) is 0.242. The fourth-order valence-electron chi connectivity index (χ4n) is 3.97. The molecule has 3 fully saturated rings. The minimum Gasteiger partial charge on any atom is -0.446 e. The number of carbonyl (C=O) groups is 2. The van der Waals surface area contributed by atoms with Gasteiger partial charge in [0.25, 0.3) is 0 Å². The lowest BCUT2D eigenvalue weighted by atomic mass is 9.91. The summed E-state index contributed by atoms with van der Waals surface area (Å²) in [5, 5.41) is 2.47. The van der Waals surface area contributed by atoms with Crippen LogP contribution < -0.4 is 9.64 Å². The lowest BCUT2D eigenvalue weighted by molar-refractivity contribution is 0.0230. The van der Waals surface area contributed by atoms with Crippen molar-refractivity contribution in [3.8, 4) is 5.88 Å². The Labute approximate surface area is 174 Å². The van der Waals surface area contributed by atoms with Gasteiger partial charge in [0.05, 0.1) is 12.5 Å². The van der Waals surface area contributed by atoms with Crippen molar-refractivity contribution in [3.05, 3.63) is 5.38 Å². The first kappa shape index (κ1) is 20.2. The van der Waals surface area contributed by atoms with Gasteiger partial charge in [-0.2, -0.15) is 4.98 Å². The number of piperidine rings is 1. The second-order valence-electron chi connectivity index (χ2n) is 7.70. The Morgan fingerprint density at radius 2 is 1.79 bits per heavy atom. The topological polar surface area (TPSA) is 84.4 Å². The molecule has 29 heavy (non-hydrogen) atoms. The number of piperazine rings is 1. The third-order valence-corrected chi connectivity index (χ3v) is 6.85. The number of hydrogen-bond acceptors (Lipinski definition) is 9. The van der Waals surface area contributed by atoms with Crippen molar-refractivity contribution in [1.29, 1.82) is 0 Å². The van der Waals surface area contributed by atoms with Crippen LogP contribution in [0.25, 0.3) is 0 Å². The van der Waals surface area contributed by atoms with Gasteiger partial charge >= 0.3 is 12.2 Å². The molecule has 0 aromatic carbocycles. The molecule has 0 radical (unpaired) electrons. The summed E-state index contributed by atoms with van der Waals surface area (Å²) in [6.07, 6.45) is 4.46. The Kier molecular flexibility index (Phi) is 6.39. The van der Waals surface area contributed by atoms with E-state index >= 15 is 0 Å². The standard InChI is InChI=1S/C19H28N4O5S/c1-26-19(25)28-16-13-29-17(20-16)22-7-5-15(6-8-22)27-18(24)23-11-9-21(10-12-23)14-3-2-4-14/h13-15H,2-12H2,1H3. The smallest absolute Gasteiger partial charge is 0.446 e. The van der Waals surface area contributed by atoms with Crippen LogP contribution in [0.4, 0.5) is 14.7 Å². The molecule has 2 aliphatic heterocycles. The Balaban J connectivity index is 1.19. The maximum absolute atomic E-state index is 12.5. The van der Waals surface area contributed by atoms with E-state index in [-0.39, 0.29) is 18.1 Å². The van der Waals surface area contributed by atoms with Crippen LogP contribution in [-0.4, -0.2) is 85.6 Å². The maximum atomic E-state index is 12.5. The molecule has 0 bridgehead atoms. The predicted molar refractivity (Wildman–Crippen MR) is 108 cm³/mol. The highest BCUT2D eigenvalue weighted by Gasteiger charge is 2.31. The van der Waals surface area contributed by atoms with Gasteiger partial charge in [0, 0.05) is 58.2 Å². The largest absolute Gasteiger partial charge is 0.514 e. The normalized spacial score (nSPS) is 21.6. The number of carbonyl (C=O) groups excluding carboxylic acids is 2. The van der Waals surface area contributed by atoms with Crippen LogP contribution >= 0.6 is 11.3 Å². The van der Waals surface area contributed by atoms with E-state index in [1.54, 1.807) is 5.38 Å². The molecule has 1 saturated carbocycles. The molecule has 10 heteroatoms. The van der Waals surface area contributed by atoms with Crippen molar-refractivity contribution < 1.29 is 23.8 Å². The molecule has 0 N–H and O–H groups in total. The number of methoxy groups -OCH3 is 1. The quantitative estimate of drug-likeness (QED) is 0.682. The van der Waals surface area contributed by atoms with Gasteiger partial charge in [0.15, 0.2) is 5.13 Å². The van der Waals surface area contributed by atoms with Gasteiger partial charge in [-0.05, 0) is 12.8 Å². The van der Waals surface area contributed by atoms with Gasteiger partial charge in [-0.25, -0.2) is 9.59 Å². The average Bonchev–Trinajstić information content (AvgIpc) is 3.16. The number of rotatable bonds is 4. The zero-order valence-corrected chi connectivity index (χ0v) is 17.6. The molecule has 1 aliphatic carbocycles. The summed E-state index contributed by atoms with van der Waals surface area (Å²) in [5.41, 5.74) is 0. The molecule has 3 aliphatic rings. The average molecular weight is 425 g/mol. The van der Waals surface area contributed by atoms with Gasteiger partial charge in [0.1, 0.15) is 6.10 Å². The minimum absolute atomic E-state index is 0.0610. The molecule has 1 amide bonds. The van der Waals surface area contributed by atoms with Gasteiger partial charge in [-0.1, -0.05) is 6.42 Å². The summed E-state index contributed by atoms with van der Waals surface area (Å²) in [6, 6.07) is 0.738. The van der Waals surface area contributed by atoms with Crippen LogP contribution in [-0.2, 0) is 9.47 Å². The molecule has 1 aromatic heterocycles. The molecule has 1 aromatic rings. The Bertz CT molecular complexity index is 709. The molecule has 0 atom stereocenters. The molecule has 0 spiro atoms. The predicted octanol–water partition coefficient (Wildman–Crippen LogP) is 2.56. The number of hydrogen-bond donors (Lipinski definition) is 0. The SMILES string of the molecule is COC(=O)Oc1csc(N2CCC(OC(=O)N3CCN(C4CCC4)CC3)CC2)n1. The number of thiazole rings is 1. The summed E-state index contributed by atoms with van der Waals surface area (Å²) >= 11 is 1.42. The van der Waals surface area contributed by atoms with Crippen LogP contribution in [0.5, 0.6) is 5.88 Å². The second-order valence-corrected chi connectivity index (χ2v) is 8.54. The maximum Gasteiger partial charge on any atom is 0.514 e. The van der Waals surface area contributed by atoms with Crippen LogP contribution in [0.3, 0.4) is 0 Å². The zero-order valence-electron chi connectivity index (χ0n) is 16.7. The van der Waals surface area contributed by atoms with E-state index < -0.39 is 6.16 Å². The molecule has 4 rings (SSSR count). The van der Waals surface area contributed by atoms with E-state index in [0.717, 1.165) is 63.3 Å². The van der Waals surface area contributed by atoms with Crippen LogP contribution in [0.15, 0.2) is 5.38 Å². The lowest BCUT2D eigenvalue weighted by Crippen LogP contribution is -2.54. The molecule has 9 nitrogen and oxygen atoms in total. The highest BCUT2D eigenvalue weighted by molar-refractivity contribution is 7.13. The van der Waals surface area contributed by atoms with E-state index in [4.69, 9.17) is 9.47 Å². The van der Waals surface area contributed by atoms with E-state index in [2.05, 4.69) is 19.5 Å². The third kappa shape index (κ3) is 4.92. The molecule has 0 unspecified atom stereocenters. The Morgan fingerprint density at radius 3 is 2.41 bits per heavy atom. The fraction of sp³-hybridized carbons (Fsp3) is 0.737. The van der Waals surface area contributed by atoms with Crippen LogP contribution in [0.2, 0.25) is 0 Å². The van der Waals surface area contributed by atoms with Crippen molar-refractivity contribution in [1.82, 2.24) is 14.8 Å². The monoisotopic (exact) mass is 424 g/mol. The summed E-state index contributed by atoms with van der Waals surface area (Å²) in [6.45, 7) is 4.93. The first-order chi connectivity index (χ1) is 14.1. The Hall–Kier alpha value is -2.07. The van der Waals surface area contributed by atoms with Crippen molar-refractivity contribution in [3.63, 3.8) is 0 Å². The van der Waals surface area contributed by atoms with E-state index in [1.807, 2.05) is 4.90 Å². The van der Waals surface area contributed by atoms with E-state index in [9.17, 15) is 9.59 Å². The summed E-state index contributed by atoms with van der Waals surface area (Å²) < 4.78 is 15.2. The number of nitrogens with zero attached hydrogens (tertiary/aromatic N) is 4. The van der Waals surface area contributed by atoms with Crippen molar-refractivity contribution in [2.75, 3.05) is 51.3 Å². The van der Waals surface area contributed by atoms with Gasteiger partial charge in [-0.3, -0.25) is 4.90 Å². The van der Waals surface area contributed by atoms with Crippen LogP contribution in [0, 0.1) is 0 Å². The fourth-order valence-corrected chi connectivity index (χ4v) is 4.75. The third-order valence-electron chi connectivity index (χ3n) is 5.97. The summed E-state index contributed by atoms with van der Waals surface area (Å²) in [4.78, 5) is 34.5. The minimum atomic E-state index is -0.777. The summed E-state index contributed by atoms with van der Waals surface area (Å²) in [7, 11) is 1.26. The van der Waals surface area contributed by atoms with Crippen LogP contribution in [0.1, 0.15) is 32.1 Å². The molecular formula is C19H28N4O5S. The molecule has 3 heterocycles. The van der Waals surface area contributed by atoms with Gasteiger partial charge < -0.3 is 24.0 Å². The van der Waals surface area contributed by atoms with E-state index in [1.165, 1.54) is 37.7 Å². The van der Waals surface area contributed by atoms with Crippen molar-refractivity contribution in [2.45, 2.75) is 44.2 Å². The number of anilines is 1. The lowest BCUT2D eigenvalue weighted by Gasteiger charge is -2.43. The molecule has 160 valence electrons. The Morgan fingerprint density at radius 1 is 1.07 bits per heavy atom. The van der Waals surface area contributed by atoms with E-state index in [0.29, 0.717) is 0 Å². The first-order valence-corrected chi connectivity index (χ1v) is 11.2. The number of ether oxygens (including phenoxy) is 3. The van der Waals surface area contributed by atoms with Gasteiger partial charge in [0.2, 0.25) is 5.88 Å². The highest BCUT2D eigenvalue weighted by atomic mass is 32.1. The first-order valence-electron chi connectivity index (χ1n) is 10.3. The number of amides is 1. The molecule has 2 saturated heterocycles. The number of aromatic nitrogens is 1. The highest BCUT2D eigenvalue weighted by Crippen LogP contribution is 2.29.